The van der Waals surface area contributed by atoms with Crippen molar-refractivity contribution in [1.82, 2.24) is 0 Å². The first-order valence-corrected chi connectivity index (χ1v) is 4.40. The second-order valence-corrected chi connectivity index (χ2v) is 2.89. The van der Waals surface area contributed by atoms with Crippen molar-refractivity contribution in [3.05, 3.63) is 18.6 Å². The van der Waals surface area contributed by atoms with E-state index in [1.54, 1.807) is 18.6 Å². The van der Waals surface area contributed by atoms with Gasteiger partial charge in [-0.1, -0.05) is 6.92 Å². The molecule has 2 heteroatoms. The van der Waals surface area contributed by atoms with Crippen molar-refractivity contribution in [2.24, 2.45) is 5.92 Å². The predicted octanol–water partition coefficient (Wildman–Crippen LogP) is 2.71. The second-order valence-electron chi connectivity index (χ2n) is 2.89. The van der Waals surface area contributed by atoms with Crippen LogP contribution >= 0.6 is 0 Å². The fourth-order valence-electron chi connectivity index (χ4n) is 1.01. The molecule has 1 unspecified atom stereocenters. The van der Waals surface area contributed by atoms with Gasteiger partial charge in [0, 0.05) is 12.0 Å². The number of rotatable bonds is 4. The van der Waals surface area contributed by atoms with E-state index in [-0.39, 0.29) is 0 Å². The number of ether oxygens (including phenoxy) is 1. The van der Waals surface area contributed by atoms with Gasteiger partial charge in [0.2, 0.25) is 0 Å². The average Bonchev–Trinajstić information content (AvgIpc) is 2.57. The van der Waals surface area contributed by atoms with Crippen LogP contribution in [0.15, 0.2) is 23.0 Å². The van der Waals surface area contributed by atoms with Crippen molar-refractivity contribution < 1.29 is 9.15 Å². The summed E-state index contributed by atoms with van der Waals surface area (Å²) in [6, 6.07) is 1.80. The lowest BCUT2D eigenvalue weighted by atomic mass is 10.1. The minimum Gasteiger partial charge on any atom is -0.490 e. The lowest BCUT2D eigenvalue weighted by Gasteiger charge is -2.04. The molecule has 0 aliphatic rings. The zero-order valence-corrected chi connectivity index (χ0v) is 8.04. The summed E-state index contributed by atoms with van der Waals surface area (Å²) in [5.74, 6) is 7.15. The van der Waals surface area contributed by atoms with Crippen LogP contribution in [-0.2, 0) is 0 Å². The van der Waals surface area contributed by atoms with E-state index < -0.39 is 0 Å². The zero-order valence-electron chi connectivity index (χ0n) is 8.04. The van der Waals surface area contributed by atoms with Gasteiger partial charge in [-0.2, -0.15) is 0 Å². The topological polar surface area (TPSA) is 22.4 Å². The van der Waals surface area contributed by atoms with Crippen LogP contribution in [-0.4, -0.2) is 6.61 Å². The Morgan fingerprint density at radius 3 is 3.08 bits per heavy atom. The summed E-state index contributed by atoms with van der Waals surface area (Å²) < 4.78 is 10.3. The molecule has 0 saturated heterocycles. The van der Waals surface area contributed by atoms with Crippen LogP contribution < -0.4 is 4.74 Å². The number of furan rings is 1. The molecule has 1 aromatic heterocycles. The van der Waals surface area contributed by atoms with Gasteiger partial charge in [-0.15, -0.1) is 11.8 Å². The summed E-state index contributed by atoms with van der Waals surface area (Å²) in [5, 5.41) is 0. The standard InChI is InChI=1S/C11H14O2/c1-3-4-10(2)5-8-13-11-6-7-12-9-11/h6-7,9-10H,5,8H2,1-2H3. The summed E-state index contributed by atoms with van der Waals surface area (Å²) in [6.07, 6.45) is 4.15. The predicted molar refractivity (Wildman–Crippen MR) is 51.4 cm³/mol. The van der Waals surface area contributed by atoms with Gasteiger partial charge in [0.05, 0.1) is 12.9 Å². The van der Waals surface area contributed by atoms with Crippen molar-refractivity contribution in [2.45, 2.75) is 20.3 Å². The first kappa shape index (κ1) is 9.73. The molecule has 0 aliphatic heterocycles. The van der Waals surface area contributed by atoms with Crippen molar-refractivity contribution >= 4 is 0 Å². The average molecular weight is 178 g/mol. The third-order valence-corrected chi connectivity index (χ3v) is 1.71. The molecule has 1 heterocycles. The molecule has 13 heavy (non-hydrogen) atoms. The molecule has 0 aromatic carbocycles. The highest BCUT2D eigenvalue weighted by Crippen LogP contribution is 2.11. The highest BCUT2D eigenvalue weighted by molar-refractivity contribution is 5.12. The van der Waals surface area contributed by atoms with Gasteiger partial charge >= 0.3 is 0 Å². The number of hydrogen-bond acceptors (Lipinski definition) is 2. The molecular formula is C11H14O2. The van der Waals surface area contributed by atoms with Crippen LogP contribution in [0.1, 0.15) is 20.3 Å². The zero-order chi connectivity index (χ0) is 9.52. The van der Waals surface area contributed by atoms with Crippen molar-refractivity contribution in [3.8, 4) is 17.6 Å². The smallest absolute Gasteiger partial charge is 0.157 e. The molecule has 0 fully saturated rings. The highest BCUT2D eigenvalue weighted by atomic mass is 16.5. The van der Waals surface area contributed by atoms with Gasteiger partial charge in [-0.25, -0.2) is 0 Å². The van der Waals surface area contributed by atoms with Crippen LogP contribution in [0.2, 0.25) is 0 Å². The van der Waals surface area contributed by atoms with Crippen molar-refractivity contribution in [2.75, 3.05) is 6.61 Å². The first-order valence-electron chi connectivity index (χ1n) is 4.40. The maximum atomic E-state index is 5.40. The monoisotopic (exact) mass is 178 g/mol. The Morgan fingerprint density at radius 1 is 1.62 bits per heavy atom. The third-order valence-electron chi connectivity index (χ3n) is 1.71. The molecule has 0 radical (unpaired) electrons. The van der Waals surface area contributed by atoms with Crippen LogP contribution in [0.5, 0.6) is 5.75 Å². The lowest BCUT2D eigenvalue weighted by molar-refractivity contribution is 0.295. The van der Waals surface area contributed by atoms with Crippen molar-refractivity contribution in [3.63, 3.8) is 0 Å². The Hall–Kier alpha value is -1.36. The third kappa shape index (κ3) is 3.71. The van der Waals surface area contributed by atoms with E-state index in [0.29, 0.717) is 12.5 Å². The molecule has 0 aliphatic carbocycles. The largest absolute Gasteiger partial charge is 0.490 e. The Morgan fingerprint density at radius 2 is 2.46 bits per heavy atom. The van der Waals surface area contributed by atoms with Crippen molar-refractivity contribution in [1.29, 1.82) is 0 Å². The van der Waals surface area contributed by atoms with Gasteiger partial charge in [-0.3, -0.25) is 0 Å². The molecule has 0 N–H and O–H groups in total. The van der Waals surface area contributed by atoms with Gasteiger partial charge in [-0.05, 0) is 13.3 Å². The minimum absolute atomic E-state index is 0.400. The second kappa shape index (κ2) is 5.31. The van der Waals surface area contributed by atoms with Gasteiger partial charge in [0.25, 0.3) is 0 Å². The molecule has 0 saturated carbocycles. The fourth-order valence-corrected chi connectivity index (χ4v) is 1.01. The summed E-state index contributed by atoms with van der Waals surface area (Å²) >= 11 is 0. The Kier molecular flexibility index (Phi) is 3.98. The van der Waals surface area contributed by atoms with Crippen LogP contribution in [0.25, 0.3) is 0 Å². The molecule has 1 atom stereocenters. The van der Waals surface area contributed by atoms with E-state index >= 15 is 0 Å². The molecule has 1 rings (SSSR count). The molecule has 0 bridgehead atoms. The Labute approximate surface area is 78.9 Å². The van der Waals surface area contributed by atoms with E-state index in [1.807, 2.05) is 6.92 Å². The molecule has 0 spiro atoms. The Bertz CT molecular complexity index is 277. The van der Waals surface area contributed by atoms with Crippen LogP contribution in [0.3, 0.4) is 0 Å². The quantitative estimate of drug-likeness (QED) is 0.661. The van der Waals surface area contributed by atoms with E-state index in [4.69, 9.17) is 9.15 Å². The van der Waals surface area contributed by atoms with E-state index in [9.17, 15) is 0 Å². The van der Waals surface area contributed by atoms with Gasteiger partial charge < -0.3 is 9.15 Å². The fraction of sp³-hybridized carbons (Fsp3) is 0.455. The maximum Gasteiger partial charge on any atom is 0.157 e. The normalized spacial score (nSPS) is 11.5. The van der Waals surface area contributed by atoms with E-state index in [1.165, 1.54) is 0 Å². The summed E-state index contributed by atoms with van der Waals surface area (Å²) in [5.41, 5.74) is 0. The number of hydrogen-bond donors (Lipinski definition) is 0. The molecule has 2 nitrogen and oxygen atoms in total. The van der Waals surface area contributed by atoms with E-state index in [2.05, 4.69) is 18.8 Å². The van der Waals surface area contributed by atoms with Crippen LogP contribution in [0, 0.1) is 17.8 Å². The lowest BCUT2D eigenvalue weighted by Crippen LogP contribution is -2.01. The minimum atomic E-state index is 0.400. The van der Waals surface area contributed by atoms with Gasteiger partial charge in [0.1, 0.15) is 6.26 Å². The van der Waals surface area contributed by atoms with E-state index in [0.717, 1.165) is 12.2 Å². The molecule has 70 valence electrons. The summed E-state index contributed by atoms with van der Waals surface area (Å²) in [4.78, 5) is 0. The van der Waals surface area contributed by atoms with Crippen LogP contribution in [0.4, 0.5) is 0 Å². The molecule has 0 amide bonds. The summed E-state index contributed by atoms with van der Waals surface area (Å²) in [6.45, 7) is 4.64. The van der Waals surface area contributed by atoms with Gasteiger partial charge in [0.15, 0.2) is 5.75 Å². The SMILES string of the molecule is CC#CC(C)CCOc1ccoc1. The Balaban J connectivity index is 2.16. The first-order chi connectivity index (χ1) is 6.33. The summed E-state index contributed by atoms with van der Waals surface area (Å²) in [7, 11) is 0. The molecular weight excluding hydrogens is 164 g/mol. The highest BCUT2D eigenvalue weighted by Gasteiger charge is 1.98. The maximum absolute atomic E-state index is 5.40. The molecule has 1 aromatic rings.